The van der Waals surface area contributed by atoms with Gasteiger partial charge >= 0.3 is 0 Å². The summed E-state index contributed by atoms with van der Waals surface area (Å²) in [7, 11) is 0. The number of nitrogens with zero attached hydrogens (tertiary/aromatic N) is 3. The van der Waals surface area contributed by atoms with E-state index < -0.39 is 0 Å². The van der Waals surface area contributed by atoms with Crippen molar-refractivity contribution in [2.75, 3.05) is 26.2 Å². The van der Waals surface area contributed by atoms with Crippen LogP contribution in [-0.2, 0) is 11.3 Å². The molecule has 1 aromatic rings. The van der Waals surface area contributed by atoms with Gasteiger partial charge in [-0.05, 0) is 33.2 Å². The largest absolute Gasteiger partial charge is 0.342 e. The number of aromatic nitrogens is 2. The van der Waals surface area contributed by atoms with Crippen LogP contribution in [-0.4, -0.2) is 46.5 Å². The Balaban J connectivity index is 2.00. The molecule has 1 aromatic heterocycles. The van der Waals surface area contributed by atoms with Gasteiger partial charge in [-0.3, -0.25) is 4.79 Å². The molecule has 5 heteroatoms. The van der Waals surface area contributed by atoms with E-state index in [-0.39, 0.29) is 5.91 Å². The van der Waals surface area contributed by atoms with Gasteiger partial charge in [0.05, 0.1) is 12.9 Å². The third-order valence-corrected chi connectivity index (χ3v) is 2.97. The topological polar surface area (TPSA) is 50.2 Å². The normalized spacial score (nSPS) is 10.6. The summed E-state index contributed by atoms with van der Waals surface area (Å²) in [6, 6.07) is 0. The van der Waals surface area contributed by atoms with Gasteiger partial charge in [0, 0.05) is 32.0 Å². The van der Waals surface area contributed by atoms with Crippen LogP contribution in [0.25, 0.3) is 0 Å². The molecule has 0 atom stereocenters. The average Bonchev–Trinajstić information content (AvgIpc) is 2.88. The van der Waals surface area contributed by atoms with Crippen LogP contribution in [0.5, 0.6) is 0 Å². The zero-order valence-electron chi connectivity index (χ0n) is 11.4. The van der Waals surface area contributed by atoms with E-state index in [2.05, 4.69) is 14.9 Å². The van der Waals surface area contributed by atoms with Crippen molar-refractivity contribution in [1.82, 2.24) is 19.8 Å². The number of imidazole rings is 1. The van der Waals surface area contributed by atoms with Crippen LogP contribution in [0.15, 0.2) is 18.7 Å². The second-order valence-corrected chi connectivity index (χ2v) is 4.25. The number of amides is 1. The number of nitrogens with one attached hydrogen (secondary N) is 1. The molecule has 0 saturated carbocycles. The minimum Gasteiger partial charge on any atom is -0.342 e. The van der Waals surface area contributed by atoms with Gasteiger partial charge in [0.2, 0.25) is 5.91 Å². The fraction of sp³-hybridized carbons (Fsp3) is 0.692. The second-order valence-electron chi connectivity index (χ2n) is 4.25. The van der Waals surface area contributed by atoms with Gasteiger partial charge < -0.3 is 14.8 Å². The van der Waals surface area contributed by atoms with Gasteiger partial charge in [0.25, 0.3) is 0 Å². The fourth-order valence-electron chi connectivity index (χ4n) is 1.85. The van der Waals surface area contributed by atoms with E-state index in [0.29, 0.717) is 6.54 Å². The molecule has 0 unspecified atom stereocenters. The van der Waals surface area contributed by atoms with Crippen molar-refractivity contribution in [3.8, 4) is 0 Å². The first-order valence-electron chi connectivity index (χ1n) is 6.72. The van der Waals surface area contributed by atoms with Crippen molar-refractivity contribution in [3.63, 3.8) is 0 Å². The highest BCUT2D eigenvalue weighted by Crippen LogP contribution is 1.94. The highest BCUT2D eigenvalue weighted by Gasteiger charge is 2.07. The Kier molecular flexibility index (Phi) is 7.10. The summed E-state index contributed by atoms with van der Waals surface area (Å²) < 4.78 is 2.07. The van der Waals surface area contributed by atoms with Crippen LogP contribution in [0.2, 0.25) is 0 Å². The molecule has 0 aliphatic rings. The van der Waals surface area contributed by atoms with Crippen LogP contribution in [0, 0.1) is 0 Å². The van der Waals surface area contributed by atoms with E-state index in [1.807, 2.05) is 31.3 Å². The van der Waals surface area contributed by atoms with Crippen LogP contribution in [0.4, 0.5) is 0 Å². The fourth-order valence-corrected chi connectivity index (χ4v) is 1.85. The Morgan fingerprint density at radius 2 is 2.11 bits per heavy atom. The molecular formula is C13H24N4O. The molecule has 0 aliphatic heterocycles. The number of aryl methyl sites for hydroxylation is 1. The Morgan fingerprint density at radius 1 is 1.33 bits per heavy atom. The molecule has 1 amide bonds. The molecule has 0 spiro atoms. The van der Waals surface area contributed by atoms with Gasteiger partial charge in [-0.1, -0.05) is 0 Å². The third-order valence-electron chi connectivity index (χ3n) is 2.97. The van der Waals surface area contributed by atoms with Crippen LogP contribution < -0.4 is 5.32 Å². The first-order chi connectivity index (χ1) is 8.77. The Bertz CT molecular complexity index is 320. The van der Waals surface area contributed by atoms with E-state index in [1.165, 1.54) is 0 Å². The van der Waals surface area contributed by atoms with E-state index in [4.69, 9.17) is 0 Å². The zero-order valence-corrected chi connectivity index (χ0v) is 11.4. The number of carbonyl (C=O) groups excluding carboxylic acids is 1. The number of unbranched alkanes of at least 4 members (excludes halogenated alkanes) is 1. The first-order valence-corrected chi connectivity index (χ1v) is 6.72. The molecular weight excluding hydrogens is 228 g/mol. The minimum atomic E-state index is 0.189. The van der Waals surface area contributed by atoms with Crippen molar-refractivity contribution in [1.29, 1.82) is 0 Å². The zero-order chi connectivity index (χ0) is 13.2. The Hall–Kier alpha value is -1.36. The molecule has 0 aliphatic carbocycles. The SMILES string of the molecule is CCN(CC)C(=O)CNCCCCn1ccnc1. The molecule has 18 heavy (non-hydrogen) atoms. The van der Waals surface area contributed by atoms with Gasteiger partial charge in [0.15, 0.2) is 0 Å². The number of rotatable bonds is 9. The average molecular weight is 252 g/mol. The molecule has 1 N–H and O–H groups in total. The molecule has 0 bridgehead atoms. The van der Waals surface area contributed by atoms with Crippen LogP contribution in [0.3, 0.4) is 0 Å². The Morgan fingerprint density at radius 3 is 2.72 bits per heavy atom. The second kappa shape index (κ2) is 8.69. The van der Waals surface area contributed by atoms with Crippen molar-refractivity contribution >= 4 is 5.91 Å². The third kappa shape index (κ3) is 5.31. The summed E-state index contributed by atoms with van der Waals surface area (Å²) in [6.45, 7) is 7.93. The van der Waals surface area contributed by atoms with Gasteiger partial charge in [-0.2, -0.15) is 0 Å². The summed E-state index contributed by atoms with van der Waals surface area (Å²) in [5.41, 5.74) is 0. The number of hydrogen-bond acceptors (Lipinski definition) is 3. The lowest BCUT2D eigenvalue weighted by Crippen LogP contribution is -2.38. The quantitative estimate of drug-likeness (QED) is 0.670. The summed E-state index contributed by atoms with van der Waals surface area (Å²) >= 11 is 0. The number of hydrogen-bond donors (Lipinski definition) is 1. The van der Waals surface area contributed by atoms with Crippen molar-refractivity contribution < 1.29 is 4.79 Å². The maximum Gasteiger partial charge on any atom is 0.236 e. The number of carbonyl (C=O) groups is 1. The van der Waals surface area contributed by atoms with Crippen molar-refractivity contribution in [2.24, 2.45) is 0 Å². The lowest BCUT2D eigenvalue weighted by atomic mass is 10.3. The van der Waals surface area contributed by atoms with Crippen molar-refractivity contribution in [3.05, 3.63) is 18.7 Å². The molecule has 0 fully saturated rings. The lowest BCUT2D eigenvalue weighted by molar-refractivity contribution is -0.129. The highest BCUT2D eigenvalue weighted by molar-refractivity contribution is 5.78. The van der Waals surface area contributed by atoms with Crippen LogP contribution >= 0.6 is 0 Å². The molecule has 0 saturated heterocycles. The van der Waals surface area contributed by atoms with Gasteiger partial charge in [-0.15, -0.1) is 0 Å². The summed E-state index contributed by atoms with van der Waals surface area (Å²) in [5, 5.41) is 3.20. The number of likely N-dealkylation sites (N-methyl/N-ethyl adjacent to an activating group) is 1. The lowest BCUT2D eigenvalue weighted by Gasteiger charge is -2.18. The van der Waals surface area contributed by atoms with E-state index >= 15 is 0 Å². The van der Waals surface area contributed by atoms with E-state index in [1.54, 1.807) is 6.20 Å². The maximum absolute atomic E-state index is 11.7. The van der Waals surface area contributed by atoms with Gasteiger partial charge in [0.1, 0.15) is 0 Å². The molecule has 1 rings (SSSR count). The summed E-state index contributed by atoms with van der Waals surface area (Å²) in [6.07, 6.45) is 7.77. The molecule has 0 aromatic carbocycles. The van der Waals surface area contributed by atoms with Crippen LogP contribution in [0.1, 0.15) is 26.7 Å². The summed E-state index contributed by atoms with van der Waals surface area (Å²) in [5.74, 6) is 0.189. The maximum atomic E-state index is 11.7. The standard InChI is InChI=1S/C13H24N4O/c1-3-17(4-2)13(18)11-14-7-5-6-9-16-10-8-15-12-16/h8,10,12,14H,3-7,9,11H2,1-2H3. The van der Waals surface area contributed by atoms with E-state index in [0.717, 1.165) is 39.0 Å². The van der Waals surface area contributed by atoms with Gasteiger partial charge in [-0.25, -0.2) is 4.98 Å². The van der Waals surface area contributed by atoms with Crippen molar-refractivity contribution in [2.45, 2.75) is 33.2 Å². The molecule has 0 radical (unpaired) electrons. The molecule has 5 nitrogen and oxygen atoms in total. The predicted octanol–water partition coefficient (Wildman–Crippen LogP) is 1.12. The monoisotopic (exact) mass is 252 g/mol. The smallest absolute Gasteiger partial charge is 0.236 e. The summed E-state index contributed by atoms with van der Waals surface area (Å²) in [4.78, 5) is 17.5. The minimum absolute atomic E-state index is 0.189. The first kappa shape index (κ1) is 14.7. The predicted molar refractivity (Wildman–Crippen MR) is 72.3 cm³/mol. The Labute approximate surface area is 109 Å². The van der Waals surface area contributed by atoms with E-state index in [9.17, 15) is 4.79 Å². The molecule has 1 heterocycles. The highest BCUT2D eigenvalue weighted by atomic mass is 16.2. The molecule has 102 valence electrons.